The van der Waals surface area contributed by atoms with Crippen molar-refractivity contribution in [2.75, 3.05) is 41.0 Å². The van der Waals surface area contributed by atoms with E-state index in [2.05, 4.69) is 15.6 Å². The lowest BCUT2D eigenvalue weighted by atomic mass is 10.2. The minimum absolute atomic E-state index is 0.220. The Hall–Kier alpha value is -1.79. The minimum Gasteiger partial charge on any atom is -0.497 e. The maximum atomic E-state index is 5.67. The zero-order valence-electron chi connectivity index (χ0n) is 14.6. The first kappa shape index (κ1) is 19.3. The van der Waals surface area contributed by atoms with Crippen molar-refractivity contribution >= 4 is 5.96 Å². The van der Waals surface area contributed by atoms with E-state index in [9.17, 15) is 0 Å². The molecule has 0 amide bonds. The molecule has 0 saturated heterocycles. The molecule has 0 aliphatic heterocycles. The first-order valence-electron chi connectivity index (χ1n) is 7.86. The monoisotopic (exact) mass is 323 g/mol. The molecular weight excluding hydrogens is 294 g/mol. The third-order valence-corrected chi connectivity index (χ3v) is 3.21. The number of benzene rings is 1. The van der Waals surface area contributed by atoms with Gasteiger partial charge in [-0.15, -0.1) is 0 Å². The van der Waals surface area contributed by atoms with Gasteiger partial charge in [-0.1, -0.05) is 12.1 Å². The molecule has 0 saturated carbocycles. The quantitative estimate of drug-likeness (QED) is 0.390. The topological polar surface area (TPSA) is 64.1 Å². The normalized spacial score (nSPS) is 12.8. The third kappa shape index (κ3) is 8.42. The molecule has 6 nitrogen and oxygen atoms in total. The number of guanidine groups is 1. The summed E-state index contributed by atoms with van der Waals surface area (Å²) >= 11 is 0. The Labute approximate surface area is 139 Å². The van der Waals surface area contributed by atoms with Crippen molar-refractivity contribution in [3.05, 3.63) is 29.8 Å². The van der Waals surface area contributed by atoms with Gasteiger partial charge in [0.15, 0.2) is 5.96 Å². The molecule has 1 aromatic carbocycles. The van der Waals surface area contributed by atoms with E-state index < -0.39 is 0 Å². The molecule has 1 aromatic rings. The Morgan fingerprint density at radius 2 is 1.96 bits per heavy atom. The van der Waals surface area contributed by atoms with Crippen LogP contribution in [0.1, 0.15) is 18.9 Å². The molecule has 130 valence electrons. The Balaban J connectivity index is 2.11. The first-order valence-corrected chi connectivity index (χ1v) is 7.86. The third-order valence-electron chi connectivity index (χ3n) is 3.21. The zero-order valence-corrected chi connectivity index (χ0v) is 14.6. The second kappa shape index (κ2) is 11.7. The maximum absolute atomic E-state index is 5.67. The minimum atomic E-state index is 0.220. The number of ether oxygens (including phenoxy) is 3. The van der Waals surface area contributed by atoms with E-state index in [-0.39, 0.29) is 6.04 Å². The molecule has 23 heavy (non-hydrogen) atoms. The molecule has 0 aliphatic carbocycles. The van der Waals surface area contributed by atoms with Gasteiger partial charge in [0.1, 0.15) is 5.75 Å². The average molecular weight is 323 g/mol. The largest absolute Gasteiger partial charge is 0.497 e. The maximum Gasteiger partial charge on any atom is 0.191 e. The van der Waals surface area contributed by atoms with Crippen LogP contribution in [0, 0.1) is 0 Å². The van der Waals surface area contributed by atoms with Gasteiger partial charge in [0.25, 0.3) is 0 Å². The summed E-state index contributed by atoms with van der Waals surface area (Å²) in [4.78, 5) is 4.18. The van der Waals surface area contributed by atoms with E-state index in [4.69, 9.17) is 14.2 Å². The summed E-state index contributed by atoms with van der Waals surface area (Å²) in [5.74, 6) is 1.64. The van der Waals surface area contributed by atoms with Gasteiger partial charge < -0.3 is 24.8 Å². The van der Waals surface area contributed by atoms with Crippen LogP contribution >= 0.6 is 0 Å². The van der Waals surface area contributed by atoms with Gasteiger partial charge in [0.05, 0.1) is 20.3 Å². The van der Waals surface area contributed by atoms with E-state index in [1.807, 2.05) is 31.2 Å². The highest BCUT2D eigenvalue weighted by molar-refractivity contribution is 5.79. The standard InChI is InChI=1S/C17H29N3O3/c1-14(12-21-3)20-17(18-2)19-10-5-11-23-13-15-6-8-16(22-4)9-7-15/h6-9,14H,5,10-13H2,1-4H3,(H2,18,19,20). The number of nitrogens with zero attached hydrogens (tertiary/aromatic N) is 1. The Morgan fingerprint density at radius 1 is 1.22 bits per heavy atom. The first-order chi connectivity index (χ1) is 11.2. The van der Waals surface area contributed by atoms with E-state index >= 15 is 0 Å². The molecule has 0 spiro atoms. The SMILES string of the molecule is CN=C(NCCCOCc1ccc(OC)cc1)NC(C)COC. The number of aliphatic imine (C=N–C) groups is 1. The highest BCUT2D eigenvalue weighted by atomic mass is 16.5. The molecular formula is C17H29N3O3. The van der Waals surface area contributed by atoms with Crippen molar-refractivity contribution < 1.29 is 14.2 Å². The van der Waals surface area contributed by atoms with Crippen LogP contribution in [0.3, 0.4) is 0 Å². The van der Waals surface area contributed by atoms with Gasteiger partial charge in [-0.2, -0.15) is 0 Å². The van der Waals surface area contributed by atoms with Crippen LogP contribution in [-0.4, -0.2) is 53.0 Å². The van der Waals surface area contributed by atoms with E-state index in [1.54, 1.807) is 21.3 Å². The number of hydrogen-bond acceptors (Lipinski definition) is 4. The van der Waals surface area contributed by atoms with Crippen molar-refractivity contribution in [2.45, 2.75) is 26.0 Å². The molecule has 0 fully saturated rings. The summed E-state index contributed by atoms with van der Waals surface area (Å²) in [5.41, 5.74) is 1.14. The second-order valence-corrected chi connectivity index (χ2v) is 5.25. The molecule has 0 aliphatic rings. The molecule has 1 unspecified atom stereocenters. The van der Waals surface area contributed by atoms with Crippen LogP contribution < -0.4 is 15.4 Å². The number of methoxy groups -OCH3 is 2. The lowest BCUT2D eigenvalue weighted by Gasteiger charge is -2.17. The fourth-order valence-corrected chi connectivity index (χ4v) is 2.01. The predicted molar refractivity (Wildman–Crippen MR) is 93.1 cm³/mol. The highest BCUT2D eigenvalue weighted by Crippen LogP contribution is 2.11. The van der Waals surface area contributed by atoms with Crippen LogP contribution in [0.4, 0.5) is 0 Å². The fraction of sp³-hybridized carbons (Fsp3) is 0.588. The highest BCUT2D eigenvalue weighted by Gasteiger charge is 2.03. The molecule has 0 heterocycles. The second-order valence-electron chi connectivity index (χ2n) is 5.25. The molecule has 6 heteroatoms. The molecule has 0 aromatic heterocycles. The van der Waals surface area contributed by atoms with Gasteiger partial charge in [-0.25, -0.2) is 0 Å². The smallest absolute Gasteiger partial charge is 0.191 e. The molecule has 1 rings (SSSR count). The zero-order chi connectivity index (χ0) is 16.9. The van der Waals surface area contributed by atoms with E-state index in [0.29, 0.717) is 19.8 Å². The molecule has 0 bridgehead atoms. The summed E-state index contributed by atoms with van der Waals surface area (Å²) in [6.07, 6.45) is 0.912. The number of nitrogens with one attached hydrogen (secondary N) is 2. The fourth-order valence-electron chi connectivity index (χ4n) is 2.01. The summed E-state index contributed by atoms with van der Waals surface area (Å²) in [7, 11) is 5.11. The average Bonchev–Trinajstić information content (AvgIpc) is 2.57. The van der Waals surface area contributed by atoms with Crippen molar-refractivity contribution in [1.82, 2.24) is 10.6 Å². The Kier molecular flexibility index (Phi) is 9.83. The number of hydrogen-bond donors (Lipinski definition) is 2. The van der Waals surface area contributed by atoms with Crippen molar-refractivity contribution in [3.63, 3.8) is 0 Å². The van der Waals surface area contributed by atoms with E-state index in [0.717, 1.165) is 30.2 Å². The van der Waals surface area contributed by atoms with Crippen molar-refractivity contribution in [2.24, 2.45) is 4.99 Å². The summed E-state index contributed by atoms with van der Waals surface area (Å²) < 4.78 is 15.9. The molecule has 2 N–H and O–H groups in total. The van der Waals surface area contributed by atoms with Crippen LogP contribution in [0.5, 0.6) is 5.75 Å². The van der Waals surface area contributed by atoms with Crippen molar-refractivity contribution in [1.29, 1.82) is 0 Å². The van der Waals surface area contributed by atoms with Crippen LogP contribution in [-0.2, 0) is 16.1 Å². The van der Waals surface area contributed by atoms with E-state index in [1.165, 1.54) is 0 Å². The molecule has 0 radical (unpaired) electrons. The summed E-state index contributed by atoms with van der Waals surface area (Å²) in [6.45, 7) is 4.81. The van der Waals surface area contributed by atoms with Crippen LogP contribution in [0.25, 0.3) is 0 Å². The summed E-state index contributed by atoms with van der Waals surface area (Å²) in [5, 5.41) is 6.52. The molecule has 1 atom stereocenters. The van der Waals surface area contributed by atoms with Crippen LogP contribution in [0.2, 0.25) is 0 Å². The summed E-state index contributed by atoms with van der Waals surface area (Å²) in [6, 6.07) is 8.13. The predicted octanol–water partition coefficient (Wildman–Crippen LogP) is 1.80. The van der Waals surface area contributed by atoms with Gasteiger partial charge in [-0.05, 0) is 31.0 Å². The van der Waals surface area contributed by atoms with Gasteiger partial charge in [0.2, 0.25) is 0 Å². The Bertz CT molecular complexity index is 449. The van der Waals surface area contributed by atoms with Crippen LogP contribution in [0.15, 0.2) is 29.3 Å². The Morgan fingerprint density at radius 3 is 2.57 bits per heavy atom. The van der Waals surface area contributed by atoms with Gasteiger partial charge >= 0.3 is 0 Å². The van der Waals surface area contributed by atoms with Crippen molar-refractivity contribution in [3.8, 4) is 5.75 Å². The lowest BCUT2D eigenvalue weighted by molar-refractivity contribution is 0.119. The van der Waals surface area contributed by atoms with Gasteiger partial charge in [-0.3, -0.25) is 4.99 Å². The lowest BCUT2D eigenvalue weighted by Crippen LogP contribution is -2.44. The number of rotatable bonds is 10. The van der Waals surface area contributed by atoms with Gasteiger partial charge in [0, 0.05) is 33.4 Å².